The van der Waals surface area contributed by atoms with Crippen molar-refractivity contribution in [3.63, 3.8) is 0 Å². The zero-order valence-corrected chi connectivity index (χ0v) is 26.2. The van der Waals surface area contributed by atoms with Crippen molar-refractivity contribution in [3.05, 3.63) is 100 Å². The van der Waals surface area contributed by atoms with E-state index in [2.05, 4.69) is 52.8 Å². The lowest BCUT2D eigenvalue weighted by Gasteiger charge is -2.26. The minimum absolute atomic E-state index is 0.260. The van der Waals surface area contributed by atoms with Crippen molar-refractivity contribution in [3.8, 4) is 22.9 Å². The molecule has 0 amide bonds. The van der Waals surface area contributed by atoms with Crippen LogP contribution in [0.15, 0.2) is 72.8 Å². The van der Waals surface area contributed by atoms with Gasteiger partial charge >= 0.3 is 5.97 Å². The predicted molar refractivity (Wildman–Crippen MR) is 169 cm³/mol. The van der Waals surface area contributed by atoms with Gasteiger partial charge in [0.15, 0.2) is 16.7 Å². The summed E-state index contributed by atoms with van der Waals surface area (Å²) < 4.78 is 18.9. The van der Waals surface area contributed by atoms with Crippen molar-refractivity contribution in [2.24, 2.45) is 0 Å². The zero-order valence-electron chi connectivity index (χ0n) is 25.4. The Morgan fingerprint density at radius 3 is 2.33 bits per heavy atom. The summed E-state index contributed by atoms with van der Waals surface area (Å²) >= 11 is 6.90. The summed E-state index contributed by atoms with van der Waals surface area (Å²) in [5, 5.41) is 0.525. The van der Waals surface area contributed by atoms with Gasteiger partial charge in [-0.25, -0.2) is 4.98 Å². The number of carbonyl (C=O) groups is 1. The monoisotopic (exact) mass is 601 g/mol. The van der Waals surface area contributed by atoms with Gasteiger partial charge in [-0.2, -0.15) is 0 Å². The molecule has 0 saturated heterocycles. The quantitative estimate of drug-likeness (QED) is 0.157. The molecule has 5 rings (SSSR count). The van der Waals surface area contributed by atoms with Gasteiger partial charge in [0.2, 0.25) is 0 Å². The molecule has 7 nitrogen and oxygen atoms in total. The van der Waals surface area contributed by atoms with Crippen molar-refractivity contribution >= 4 is 17.6 Å². The molecule has 0 fully saturated rings. The van der Waals surface area contributed by atoms with E-state index >= 15 is 0 Å². The van der Waals surface area contributed by atoms with E-state index in [1.165, 1.54) is 7.11 Å². The highest BCUT2D eigenvalue weighted by atomic mass is 35.5. The summed E-state index contributed by atoms with van der Waals surface area (Å²) in [6.45, 7) is 9.84. The molecule has 0 bridgehead atoms. The number of rotatable bonds is 12. The molecule has 226 valence electrons. The first-order valence-electron chi connectivity index (χ1n) is 14.9. The van der Waals surface area contributed by atoms with Gasteiger partial charge in [-0.15, -0.1) is 0 Å². The van der Waals surface area contributed by atoms with Crippen LogP contribution in [0.3, 0.4) is 0 Å². The second kappa shape index (κ2) is 13.7. The Hall–Kier alpha value is -3.81. The fraction of sp³-hybridized carbons (Fsp3) is 0.371. The number of ether oxygens (including phenoxy) is 3. The maximum absolute atomic E-state index is 12.4. The van der Waals surface area contributed by atoms with Crippen LogP contribution in [0.2, 0.25) is 5.15 Å². The van der Waals surface area contributed by atoms with E-state index < -0.39 is 5.41 Å². The Balaban J connectivity index is 1.47. The van der Waals surface area contributed by atoms with Crippen molar-refractivity contribution in [2.45, 2.75) is 65.2 Å². The van der Waals surface area contributed by atoms with Crippen LogP contribution in [0, 0.1) is 0 Å². The first-order chi connectivity index (χ1) is 20.8. The molecule has 1 aliphatic heterocycles. The smallest absolute Gasteiger partial charge is 0.315 e. The summed E-state index contributed by atoms with van der Waals surface area (Å²) in [5.41, 5.74) is 4.47. The molecule has 0 saturated carbocycles. The maximum atomic E-state index is 12.4. The third-order valence-electron chi connectivity index (χ3n) is 7.95. The molecule has 3 aromatic carbocycles. The standard InChI is InChI=1S/C35H40ClN3O4/c1-5-6-18-39-29(32(36)37-33(39)27-10-8-7-9-11-27)24-38(23-26-14-17-30-31(21-26)43-20-19-42-30)22-25-12-15-28(16-13-25)35(2,3)34(40)41-4/h7-17,21H,5-6,18-20,22-24H2,1-4H3. The highest BCUT2D eigenvalue weighted by molar-refractivity contribution is 6.30. The number of carbonyl (C=O) groups excluding carboxylic acids is 1. The lowest BCUT2D eigenvalue weighted by molar-refractivity contribution is -0.146. The highest BCUT2D eigenvalue weighted by Gasteiger charge is 2.31. The molecular weight excluding hydrogens is 562 g/mol. The highest BCUT2D eigenvalue weighted by Crippen LogP contribution is 2.33. The Morgan fingerprint density at radius 2 is 1.63 bits per heavy atom. The van der Waals surface area contributed by atoms with E-state index in [4.69, 9.17) is 30.8 Å². The number of unbranched alkanes of at least 4 members (excludes halogenated alkanes) is 1. The van der Waals surface area contributed by atoms with Crippen molar-refractivity contribution in [1.29, 1.82) is 0 Å². The van der Waals surface area contributed by atoms with E-state index in [1.54, 1.807) is 0 Å². The van der Waals surface area contributed by atoms with Gasteiger partial charge in [-0.3, -0.25) is 9.69 Å². The molecule has 0 atom stereocenters. The summed E-state index contributed by atoms with van der Waals surface area (Å²) in [6, 6.07) is 24.6. The summed E-state index contributed by atoms with van der Waals surface area (Å²) in [7, 11) is 1.42. The summed E-state index contributed by atoms with van der Waals surface area (Å²) in [4.78, 5) is 19.6. The molecule has 0 spiro atoms. The van der Waals surface area contributed by atoms with Gasteiger partial charge in [0, 0.05) is 31.7 Å². The van der Waals surface area contributed by atoms with Crippen LogP contribution in [0.5, 0.6) is 11.5 Å². The number of hydrogen-bond donors (Lipinski definition) is 0. The molecule has 2 heterocycles. The second-order valence-corrected chi connectivity index (χ2v) is 11.8. The molecule has 0 unspecified atom stereocenters. The molecule has 43 heavy (non-hydrogen) atoms. The maximum Gasteiger partial charge on any atom is 0.315 e. The first kappa shape index (κ1) is 30.6. The van der Waals surface area contributed by atoms with Gasteiger partial charge in [-0.05, 0) is 49.1 Å². The Bertz CT molecular complexity index is 1530. The van der Waals surface area contributed by atoms with Crippen LogP contribution in [-0.2, 0) is 41.1 Å². The fourth-order valence-corrected chi connectivity index (χ4v) is 5.70. The van der Waals surface area contributed by atoms with Crippen molar-refractivity contribution in [1.82, 2.24) is 14.5 Å². The average molecular weight is 602 g/mol. The average Bonchev–Trinajstić information content (AvgIpc) is 3.34. The zero-order chi connectivity index (χ0) is 30.4. The summed E-state index contributed by atoms with van der Waals surface area (Å²) in [6.07, 6.45) is 2.10. The van der Waals surface area contributed by atoms with Crippen molar-refractivity contribution < 1.29 is 19.0 Å². The van der Waals surface area contributed by atoms with Crippen molar-refractivity contribution in [2.75, 3.05) is 20.3 Å². The van der Waals surface area contributed by atoms with Crippen LogP contribution in [0.25, 0.3) is 11.4 Å². The van der Waals surface area contributed by atoms with Gasteiger partial charge in [0.05, 0.1) is 18.2 Å². The molecule has 0 radical (unpaired) electrons. The molecular formula is C35H40ClN3O4. The number of fused-ring (bicyclic) bond motifs is 1. The van der Waals surface area contributed by atoms with Gasteiger partial charge in [0.1, 0.15) is 19.0 Å². The van der Waals surface area contributed by atoms with Crippen LogP contribution in [-0.4, -0.2) is 40.7 Å². The van der Waals surface area contributed by atoms with E-state index in [9.17, 15) is 4.79 Å². The largest absolute Gasteiger partial charge is 0.486 e. The van der Waals surface area contributed by atoms with Crippen LogP contribution in [0.1, 0.15) is 56.0 Å². The number of benzene rings is 3. The van der Waals surface area contributed by atoms with Crippen LogP contribution >= 0.6 is 11.6 Å². The van der Waals surface area contributed by atoms with E-state index in [1.807, 2.05) is 50.2 Å². The summed E-state index contributed by atoms with van der Waals surface area (Å²) in [5.74, 6) is 2.18. The topological polar surface area (TPSA) is 65.8 Å². The van der Waals surface area contributed by atoms with E-state index in [-0.39, 0.29) is 5.97 Å². The fourth-order valence-electron chi connectivity index (χ4n) is 5.45. The van der Waals surface area contributed by atoms with E-state index in [0.717, 1.165) is 64.7 Å². The number of hydrogen-bond acceptors (Lipinski definition) is 6. The van der Waals surface area contributed by atoms with Crippen LogP contribution < -0.4 is 9.47 Å². The normalized spacial score (nSPS) is 12.9. The van der Waals surface area contributed by atoms with Gasteiger partial charge in [-0.1, -0.05) is 85.6 Å². The number of imidazole rings is 1. The van der Waals surface area contributed by atoms with E-state index in [0.29, 0.717) is 38.0 Å². The molecule has 1 aliphatic rings. The number of nitrogens with zero attached hydrogens (tertiary/aromatic N) is 3. The third kappa shape index (κ3) is 7.06. The Labute approximate surface area is 259 Å². The first-order valence-corrected chi connectivity index (χ1v) is 15.3. The number of aromatic nitrogens is 2. The second-order valence-electron chi connectivity index (χ2n) is 11.5. The van der Waals surface area contributed by atoms with Gasteiger partial charge < -0.3 is 18.8 Å². The molecule has 8 heteroatoms. The number of halogens is 1. The van der Waals surface area contributed by atoms with Gasteiger partial charge in [0.25, 0.3) is 0 Å². The molecule has 1 aromatic heterocycles. The lowest BCUT2D eigenvalue weighted by atomic mass is 9.84. The predicted octanol–water partition coefficient (Wildman–Crippen LogP) is 7.43. The molecule has 0 aliphatic carbocycles. The van der Waals surface area contributed by atoms with Crippen LogP contribution in [0.4, 0.5) is 0 Å². The SMILES string of the molecule is CCCCn1c(-c2ccccc2)nc(Cl)c1CN(Cc1ccc(C(C)(C)C(=O)OC)cc1)Cc1ccc2c(c1)OCCO2. The Kier molecular flexibility index (Phi) is 9.73. The number of esters is 1. The minimum atomic E-state index is -0.731. The third-order valence-corrected chi connectivity index (χ3v) is 8.26. The molecule has 0 N–H and O–H groups in total. The minimum Gasteiger partial charge on any atom is -0.486 e. The molecule has 4 aromatic rings. The lowest BCUT2D eigenvalue weighted by Crippen LogP contribution is -2.30. The Morgan fingerprint density at radius 1 is 0.953 bits per heavy atom. The number of methoxy groups -OCH3 is 1.